The lowest BCUT2D eigenvalue weighted by molar-refractivity contribution is -0.130. The highest BCUT2D eigenvalue weighted by molar-refractivity contribution is 5.77. The van der Waals surface area contributed by atoms with E-state index in [-0.39, 0.29) is 18.4 Å². The highest BCUT2D eigenvalue weighted by atomic mass is 16.5. The van der Waals surface area contributed by atoms with E-state index in [2.05, 4.69) is 16.3 Å². The Bertz CT molecular complexity index is 893. The molecule has 3 aliphatic rings. The number of benzene rings is 1. The van der Waals surface area contributed by atoms with E-state index in [1.165, 1.54) is 24.1 Å². The summed E-state index contributed by atoms with van der Waals surface area (Å²) < 4.78 is 5.93. The highest BCUT2D eigenvalue weighted by Crippen LogP contribution is 2.49. The molecule has 2 N–H and O–H groups in total. The summed E-state index contributed by atoms with van der Waals surface area (Å²) in [6.45, 7) is 1.70. The molecule has 2 atom stereocenters. The SMILES string of the molecule is O=C(CCc1n[nH]c2c1CCCC2)N1C[C@@H]2c3ccccc3OC[C@]2(CO)C1. The maximum absolute atomic E-state index is 13.0. The number of aromatic nitrogens is 2. The van der Waals surface area contributed by atoms with Crippen LogP contribution in [0, 0.1) is 5.41 Å². The fraction of sp³-hybridized carbons (Fsp3) is 0.545. The summed E-state index contributed by atoms with van der Waals surface area (Å²) in [5, 5.41) is 17.8. The number of aryl methyl sites for hydroxylation is 2. The van der Waals surface area contributed by atoms with Gasteiger partial charge in [-0.1, -0.05) is 18.2 Å². The molecule has 2 aliphatic heterocycles. The summed E-state index contributed by atoms with van der Waals surface area (Å²) >= 11 is 0. The van der Waals surface area contributed by atoms with Crippen molar-refractivity contribution in [1.82, 2.24) is 15.1 Å². The molecule has 1 aromatic heterocycles. The number of rotatable bonds is 4. The number of carbonyl (C=O) groups excluding carboxylic acids is 1. The van der Waals surface area contributed by atoms with Gasteiger partial charge in [-0.05, 0) is 42.9 Å². The minimum Gasteiger partial charge on any atom is -0.493 e. The van der Waals surface area contributed by atoms with Crippen molar-refractivity contribution >= 4 is 5.91 Å². The molecular formula is C22H27N3O3. The topological polar surface area (TPSA) is 78.5 Å². The number of hydrogen-bond donors (Lipinski definition) is 2. The van der Waals surface area contributed by atoms with E-state index in [4.69, 9.17) is 4.74 Å². The third kappa shape index (κ3) is 2.82. The Hall–Kier alpha value is -2.34. The van der Waals surface area contributed by atoms with Gasteiger partial charge in [-0.2, -0.15) is 5.10 Å². The summed E-state index contributed by atoms with van der Waals surface area (Å²) in [5.41, 5.74) is 4.37. The molecule has 6 heteroatoms. The lowest BCUT2D eigenvalue weighted by Gasteiger charge is -2.37. The van der Waals surface area contributed by atoms with Crippen LogP contribution in [0.3, 0.4) is 0 Å². The summed E-state index contributed by atoms with van der Waals surface area (Å²) in [7, 11) is 0. The number of amides is 1. The Kier molecular flexibility index (Phi) is 4.38. The molecule has 28 heavy (non-hydrogen) atoms. The van der Waals surface area contributed by atoms with Crippen molar-refractivity contribution in [2.45, 2.75) is 44.4 Å². The fourth-order valence-corrected chi connectivity index (χ4v) is 5.20. The summed E-state index contributed by atoms with van der Waals surface area (Å²) in [6.07, 6.45) is 5.72. The lowest BCUT2D eigenvalue weighted by atomic mass is 9.74. The molecule has 1 aliphatic carbocycles. The summed E-state index contributed by atoms with van der Waals surface area (Å²) in [4.78, 5) is 14.9. The molecule has 5 rings (SSSR count). The number of nitrogens with zero attached hydrogens (tertiary/aromatic N) is 2. The number of para-hydroxylation sites is 1. The van der Waals surface area contributed by atoms with Gasteiger partial charge in [0.15, 0.2) is 0 Å². The van der Waals surface area contributed by atoms with E-state index in [9.17, 15) is 9.90 Å². The predicted octanol–water partition coefficient (Wildman–Crippen LogP) is 2.22. The minimum atomic E-state index is -0.393. The van der Waals surface area contributed by atoms with Crippen LogP contribution < -0.4 is 4.74 Å². The third-order valence-corrected chi connectivity index (χ3v) is 6.84. The van der Waals surface area contributed by atoms with Crippen molar-refractivity contribution < 1.29 is 14.6 Å². The molecule has 0 bridgehead atoms. The van der Waals surface area contributed by atoms with Gasteiger partial charge in [-0.25, -0.2) is 0 Å². The summed E-state index contributed by atoms with van der Waals surface area (Å²) in [6, 6.07) is 8.00. The van der Waals surface area contributed by atoms with Crippen LogP contribution in [0.5, 0.6) is 5.75 Å². The first-order valence-corrected chi connectivity index (χ1v) is 10.4. The standard InChI is InChI=1S/C22H27N3O3/c26-13-22-12-25(11-17(22)15-5-2-4-8-20(15)28-14-22)21(27)10-9-19-16-6-1-3-7-18(16)23-24-19/h2,4-5,8,17,26H,1,3,6-7,9-14H2,(H,23,24)/t17-,22-/m1/s1. The number of aromatic amines is 1. The maximum Gasteiger partial charge on any atom is 0.223 e. The molecule has 2 aromatic rings. The Balaban J connectivity index is 1.30. The van der Waals surface area contributed by atoms with Gasteiger partial charge in [0.05, 0.1) is 24.3 Å². The van der Waals surface area contributed by atoms with Crippen molar-refractivity contribution in [3.63, 3.8) is 0 Å². The maximum atomic E-state index is 13.0. The molecule has 1 saturated heterocycles. The number of nitrogens with one attached hydrogen (secondary N) is 1. The van der Waals surface area contributed by atoms with E-state index >= 15 is 0 Å². The zero-order chi connectivity index (χ0) is 19.1. The van der Waals surface area contributed by atoms with Crippen LogP contribution in [0.25, 0.3) is 0 Å². The first-order chi connectivity index (χ1) is 13.7. The Morgan fingerprint density at radius 2 is 2.18 bits per heavy atom. The number of carbonyl (C=O) groups is 1. The monoisotopic (exact) mass is 381 g/mol. The van der Waals surface area contributed by atoms with Gasteiger partial charge in [-0.15, -0.1) is 0 Å². The highest BCUT2D eigenvalue weighted by Gasteiger charge is 2.51. The van der Waals surface area contributed by atoms with Gasteiger partial charge in [0.1, 0.15) is 5.75 Å². The fourth-order valence-electron chi connectivity index (χ4n) is 5.20. The number of likely N-dealkylation sites (tertiary alicyclic amines) is 1. The zero-order valence-corrected chi connectivity index (χ0v) is 16.1. The van der Waals surface area contributed by atoms with Crippen molar-refractivity contribution in [1.29, 1.82) is 0 Å². The smallest absolute Gasteiger partial charge is 0.223 e. The van der Waals surface area contributed by atoms with Crippen molar-refractivity contribution in [2.24, 2.45) is 5.41 Å². The molecule has 0 unspecified atom stereocenters. The van der Waals surface area contributed by atoms with E-state index in [1.54, 1.807) is 0 Å². The number of aliphatic hydroxyl groups excluding tert-OH is 1. The average molecular weight is 381 g/mol. The van der Waals surface area contributed by atoms with E-state index in [0.29, 0.717) is 32.5 Å². The van der Waals surface area contributed by atoms with Crippen LogP contribution in [-0.2, 0) is 24.1 Å². The van der Waals surface area contributed by atoms with Gasteiger partial charge in [0, 0.05) is 37.5 Å². The van der Waals surface area contributed by atoms with E-state index in [1.807, 2.05) is 23.1 Å². The minimum absolute atomic E-state index is 0.0304. The van der Waals surface area contributed by atoms with Crippen LogP contribution in [0.2, 0.25) is 0 Å². The number of aliphatic hydroxyl groups is 1. The second-order valence-electron chi connectivity index (χ2n) is 8.51. The van der Waals surface area contributed by atoms with Crippen LogP contribution in [0.4, 0.5) is 0 Å². The van der Waals surface area contributed by atoms with Gasteiger partial charge >= 0.3 is 0 Å². The van der Waals surface area contributed by atoms with Gasteiger partial charge in [0.25, 0.3) is 0 Å². The van der Waals surface area contributed by atoms with Crippen LogP contribution in [0.1, 0.15) is 47.7 Å². The van der Waals surface area contributed by atoms with Gasteiger partial charge < -0.3 is 14.7 Å². The molecule has 1 fully saturated rings. The number of hydrogen-bond acceptors (Lipinski definition) is 4. The van der Waals surface area contributed by atoms with Crippen molar-refractivity contribution in [3.8, 4) is 5.75 Å². The molecule has 6 nitrogen and oxygen atoms in total. The molecule has 0 saturated carbocycles. The first kappa shape index (κ1) is 17.7. The van der Waals surface area contributed by atoms with E-state index in [0.717, 1.165) is 29.8 Å². The first-order valence-electron chi connectivity index (χ1n) is 10.4. The van der Waals surface area contributed by atoms with Gasteiger partial charge in [-0.3, -0.25) is 9.89 Å². The lowest BCUT2D eigenvalue weighted by Crippen LogP contribution is -2.42. The normalized spacial score (nSPS) is 25.6. The number of fused-ring (bicyclic) bond motifs is 4. The molecule has 3 heterocycles. The molecule has 1 aromatic carbocycles. The van der Waals surface area contributed by atoms with Crippen molar-refractivity contribution in [3.05, 3.63) is 46.8 Å². The molecular weight excluding hydrogens is 354 g/mol. The second-order valence-corrected chi connectivity index (χ2v) is 8.51. The average Bonchev–Trinajstić information content (AvgIpc) is 3.34. The van der Waals surface area contributed by atoms with Gasteiger partial charge in [0.2, 0.25) is 5.91 Å². The van der Waals surface area contributed by atoms with Crippen LogP contribution >= 0.6 is 0 Å². The molecule has 148 valence electrons. The third-order valence-electron chi connectivity index (χ3n) is 6.84. The largest absolute Gasteiger partial charge is 0.493 e. The van der Waals surface area contributed by atoms with E-state index < -0.39 is 5.41 Å². The molecule has 0 radical (unpaired) electrons. The predicted molar refractivity (Wildman–Crippen MR) is 104 cm³/mol. The molecule has 1 amide bonds. The van der Waals surface area contributed by atoms with Crippen molar-refractivity contribution in [2.75, 3.05) is 26.3 Å². The Morgan fingerprint density at radius 1 is 1.32 bits per heavy atom. The Morgan fingerprint density at radius 3 is 3.07 bits per heavy atom. The second kappa shape index (κ2) is 6.92. The Labute approximate surface area is 164 Å². The molecule has 0 spiro atoms. The zero-order valence-electron chi connectivity index (χ0n) is 16.1. The van der Waals surface area contributed by atoms with Crippen LogP contribution in [0.15, 0.2) is 24.3 Å². The quantitative estimate of drug-likeness (QED) is 0.851. The number of H-pyrrole nitrogens is 1. The van der Waals surface area contributed by atoms with Crippen LogP contribution in [-0.4, -0.2) is 52.4 Å². The number of ether oxygens (including phenoxy) is 1. The summed E-state index contributed by atoms with van der Waals surface area (Å²) in [5.74, 6) is 1.16.